The van der Waals surface area contributed by atoms with E-state index in [-0.39, 0.29) is 17.3 Å². The number of amides is 1. The van der Waals surface area contributed by atoms with Gasteiger partial charge in [-0.05, 0) is 60.6 Å². The summed E-state index contributed by atoms with van der Waals surface area (Å²) in [6.07, 6.45) is 4.25. The molecule has 1 atom stereocenters. The van der Waals surface area contributed by atoms with Crippen LogP contribution in [0.4, 0.5) is 5.95 Å². The van der Waals surface area contributed by atoms with Crippen LogP contribution in [0.15, 0.2) is 78.4 Å². The number of aryl methyl sites for hydroxylation is 2. The Morgan fingerprint density at radius 1 is 0.912 bits per heavy atom. The second-order valence-corrected chi connectivity index (χ2v) is 8.85. The van der Waals surface area contributed by atoms with Gasteiger partial charge in [0.1, 0.15) is 5.76 Å². The zero-order valence-corrected chi connectivity index (χ0v) is 18.5. The quantitative estimate of drug-likeness (QED) is 0.260. The molecule has 1 aliphatic heterocycles. The van der Waals surface area contributed by atoms with Crippen LogP contribution in [0.25, 0.3) is 16.8 Å². The number of para-hydroxylation sites is 2. The molecule has 4 aromatic rings. The van der Waals surface area contributed by atoms with E-state index in [4.69, 9.17) is 0 Å². The molecule has 0 saturated carbocycles. The van der Waals surface area contributed by atoms with Gasteiger partial charge in [-0.15, -0.1) is 0 Å². The predicted molar refractivity (Wildman–Crippen MR) is 130 cm³/mol. The van der Waals surface area contributed by atoms with Gasteiger partial charge in [-0.1, -0.05) is 54.6 Å². The van der Waals surface area contributed by atoms with Crippen molar-refractivity contribution >= 4 is 34.4 Å². The number of ketones is 1. The number of imidazole rings is 1. The van der Waals surface area contributed by atoms with Crippen molar-refractivity contribution in [2.24, 2.45) is 0 Å². The van der Waals surface area contributed by atoms with E-state index in [0.717, 1.165) is 36.8 Å². The number of fused-ring (bicyclic) bond motifs is 2. The van der Waals surface area contributed by atoms with Gasteiger partial charge in [0.25, 0.3) is 5.78 Å². The van der Waals surface area contributed by atoms with Gasteiger partial charge in [0, 0.05) is 5.56 Å². The molecule has 1 aliphatic carbocycles. The lowest BCUT2D eigenvalue weighted by molar-refractivity contribution is -0.132. The third kappa shape index (κ3) is 3.22. The summed E-state index contributed by atoms with van der Waals surface area (Å²) in [5.74, 6) is -1.31. The minimum absolute atomic E-state index is 0.0763. The molecule has 2 aliphatic rings. The fourth-order valence-electron chi connectivity index (χ4n) is 5.09. The molecule has 3 aromatic carbocycles. The lowest BCUT2D eigenvalue weighted by Crippen LogP contribution is -2.30. The largest absolute Gasteiger partial charge is 0.507 e. The Kier molecular flexibility index (Phi) is 4.80. The van der Waals surface area contributed by atoms with Crippen molar-refractivity contribution in [1.82, 2.24) is 9.97 Å². The van der Waals surface area contributed by atoms with Crippen LogP contribution < -0.4 is 4.90 Å². The maximum absolute atomic E-state index is 13.3. The first kappa shape index (κ1) is 20.4. The molecule has 0 bridgehead atoms. The van der Waals surface area contributed by atoms with Crippen LogP contribution in [-0.4, -0.2) is 26.8 Å². The molecule has 1 saturated heterocycles. The van der Waals surface area contributed by atoms with Crippen molar-refractivity contribution in [3.8, 4) is 0 Å². The average molecular weight is 450 g/mol. The van der Waals surface area contributed by atoms with E-state index < -0.39 is 17.7 Å². The fraction of sp³-hybridized carbons (Fsp3) is 0.179. The van der Waals surface area contributed by atoms with Gasteiger partial charge in [0.2, 0.25) is 5.95 Å². The monoisotopic (exact) mass is 449 g/mol. The Hall–Kier alpha value is -4.19. The number of aromatic nitrogens is 2. The summed E-state index contributed by atoms with van der Waals surface area (Å²) >= 11 is 0. The maximum Gasteiger partial charge on any atom is 0.302 e. The van der Waals surface area contributed by atoms with Crippen molar-refractivity contribution in [1.29, 1.82) is 0 Å². The van der Waals surface area contributed by atoms with Crippen LogP contribution in [0.2, 0.25) is 0 Å². The highest BCUT2D eigenvalue weighted by molar-refractivity contribution is 6.51. The molecule has 168 valence electrons. The Labute approximate surface area is 196 Å². The van der Waals surface area contributed by atoms with Crippen molar-refractivity contribution in [3.63, 3.8) is 0 Å². The molecular weight excluding hydrogens is 426 g/mol. The molecule has 2 heterocycles. The highest BCUT2D eigenvalue weighted by atomic mass is 16.3. The van der Waals surface area contributed by atoms with Crippen molar-refractivity contribution in [3.05, 3.63) is 101 Å². The number of aliphatic hydroxyl groups excluding tert-OH is 1. The van der Waals surface area contributed by atoms with E-state index >= 15 is 0 Å². The number of rotatable bonds is 3. The number of Topliss-reactive ketones (excluding diaryl/α,β-unsaturated/α-hetero) is 1. The summed E-state index contributed by atoms with van der Waals surface area (Å²) in [5.41, 5.74) is 5.29. The number of hydrogen-bond donors (Lipinski definition) is 2. The maximum atomic E-state index is 13.3. The SMILES string of the molecule is O=C1C(=O)N(c2nc3ccccc3[nH]2)C(c2ccccc2)/C1=C(\O)c1ccc2c(c1)CCCC2. The van der Waals surface area contributed by atoms with Gasteiger partial charge in [-0.25, -0.2) is 4.98 Å². The number of nitrogens with zero attached hydrogens (tertiary/aromatic N) is 2. The number of aromatic amines is 1. The lowest BCUT2D eigenvalue weighted by atomic mass is 9.89. The van der Waals surface area contributed by atoms with E-state index in [2.05, 4.69) is 9.97 Å². The number of nitrogens with one attached hydrogen (secondary N) is 1. The van der Waals surface area contributed by atoms with Gasteiger partial charge in [-0.2, -0.15) is 0 Å². The van der Waals surface area contributed by atoms with Crippen LogP contribution in [0.1, 0.15) is 41.1 Å². The molecule has 6 nitrogen and oxygen atoms in total. The predicted octanol–water partition coefficient (Wildman–Crippen LogP) is 5.07. The van der Waals surface area contributed by atoms with Crippen molar-refractivity contribution in [2.75, 3.05) is 4.90 Å². The van der Waals surface area contributed by atoms with Gasteiger partial charge in [0.15, 0.2) is 0 Å². The molecule has 1 unspecified atom stereocenters. The molecule has 2 N–H and O–H groups in total. The third-order valence-electron chi connectivity index (χ3n) is 6.79. The van der Waals surface area contributed by atoms with E-state index in [9.17, 15) is 14.7 Å². The van der Waals surface area contributed by atoms with Gasteiger partial charge in [-0.3, -0.25) is 14.5 Å². The number of hydrogen-bond acceptors (Lipinski definition) is 4. The first-order valence-electron chi connectivity index (χ1n) is 11.5. The highest BCUT2D eigenvalue weighted by Crippen LogP contribution is 2.42. The molecule has 1 aromatic heterocycles. The molecule has 34 heavy (non-hydrogen) atoms. The van der Waals surface area contributed by atoms with E-state index in [0.29, 0.717) is 11.1 Å². The lowest BCUT2D eigenvalue weighted by Gasteiger charge is -2.23. The number of benzene rings is 3. The number of carbonyl (C=O) groups excluding carboxylic acids is 2. The van der Waals surface area contributed by atoms with Crippen molar-refractivity contribution in [2.45, 2.75) is 31.7 Å². The van der Waals surface area contributed by atoms with Gasteiger partial charge < -0.3 is 10.1 Å². The highest BCUT2D eigenvalue weighted by Gasteiger charge is 2.48. The first-order chi connectivity index (χ1) is 16.6. The van der Waals surface area contributed by atoms with Crippen LogP contribution in [0, 0.1) is 0 Å². The molecule has 6 heteroatoms. The number of aliphatic hydroxyl groups is 1. The van der Waals surface area contributed by atoms with Gasteiger partial charge in [0.05, 0.1) is 22.6 Å². The van der Waals surface area contributed by atoms with Crippen molar-refractivity contribution < 1.29 is 14.7 Å². The first-order valence-corrected chi connectivity index (χ1v) is 11.5. The minimum Gasteiger partial charge on any atom is -0.507 e. The summed E-state index contributed by atoms with van der Waals surface area (Å²) < 4.78 is 0. The smallest absolute Gasteiger partial charge is 0.302 e. The van der Waals surface area contributed by atoms with Crippen LogP contribution in [0.3, 0.4) is 0 Å². The third-order valence-corrected chi connectivity index (χ3v) is 6.79. The summed E-state index contributed by atoms with van der Waals surface area (Å²) in [6, 6.07) is 21.8. The zero-order valence-electron chi connectivity index (χ0n) is 18.5. The standard InChI is InChI=1S/C28H23N3O3/c32-25(20-15-14-17-8-4-5-11-19(17)16-20)23-24(18-9-2-1-3-10-18)31(27(34)26(23)33)28-29-21-12-6-7-13-22(21)30-28/h1-3,6-7,9-10,12-16,24,32H,4-5,8,11H2,(H,29,30)/b25-23+. The summed E-state index contributed by atoms with van der Waals surface area (Å²) in [5, 5.41) is 11.4. The average Bonchev–Trinajstić information content (AvgIpc) is 3.42. The number of anilines is 1. The van der Waals surface area contributed by atoms with Crippen LogP contribution in [0.5, 0.6) is 0 Å². The molecule has 0 radical (unpaired) electrons. The molecule has 1 amide bonds. The summed E-state index contributed by atoms with van der Waals surface area (Å²) in [6.45, 7) is 0. The Bertz CT molecular complexity index is 1440. The topological polar surface area (TPSA) is 86.3 Å². The second-order valence-electron chi connectivity index (χ2n) is 8.85. The minimum atomic E-state index is -0.794. The second kappa shape index (κ2) is 7.99. The van der Waals surface area contributed by atoms with E-state index in [1.54, 1.807) is 0 Å². The van der Waals surface area contributed by atoms with Gasteiger partial charge >= 0.3 is 5.91 Å². The molecule has 6 rings (SSSR count). The number of H-pyrrole nitrogens is 1. The Morgan fingerprint density at radius 2 is 1.65 bits per heavy atom. The molecular formula is C28H23N3O3. The Balaban J connectivity index is 1.53. The van der Waals surface area contributed by atoms with Crippen LogP contribution >= 0.6 is 0 Å². The molecule has 1 fully saturated rings. The summed E-state index contributed by atoms with van der Waals surface area (Å²) in [7, 11) is 0. The van der Waals surface area contributed by atoms with E-state index in [1.165, 1.54) is 16.0 Å². The normalized spacial score (nSPS) is 19.5. The number of carbonyl (C=O) groups is 2. The Morgan fingerprint density at radius 3 is 2.44 bits per heavy atom. The summed E-state index contributed by atoms with van der Waals surface area (Å²) in [4.78, 5) is 35.8. The fourth-order valence-corrected chi connectivity index (χ4v) is 5.09. The zero-order chi connectivity index (χ0) is 23.2. The van der Waals surface area contributed by atoms with E-state index in [1.807, 2.05) is 72.8 Å². The molecule has 0 spiro atoms. The van der Waals surface area contributed by atoms with Crippen LogP contribution in [-0.2, 0) is 22.4 Å².